The van der Waals surface area contributed by atoms with Crippen LogP contribution in [-0.2, 0) is 11.9 Å². The van der Waals surface area contributed by atoms with E-state index >= 15 is 0 Å². The van der Waals surface area contributed by atoms with Crippen molar-refractivity contribution < 1.29 is 19.7 Å². The van der Waals surface area contributed by atoms with Gasteiger partial charge >= 0.3 is 182 Å². The van der Waals surface area contributed by atoms with Gasteiger partial charge in [-0.05, 0) is 0 Å². The van der Waals surface area contributed by atoms with E-state index in [0.29, 0.717) is 0 Å². The van der Waals surface area contributed by atoms with Crippen molar-refractivity contribution in [1.29, 1.82) is 0 Å². The summed E-state index contributed by atoms with van der Waals surface area (Å²) in [5.74, 6) is 0. The minimum atomic E-state index is -0.752. The Morgan fingerprint density at radius 1 is 0.781 bits per heavy atom. The molecule has 0 aliphatic heterocycles. The molecule has 3 aromatic rings. The molecule has 0 saturated carbocycles. The second-order valence-electron chi connectivity index (χ2n) is 6.05. The molecule has 0 aliphatic carbocycles. The summed E-state index contributed by atoms with van der Waals surface area (Å²) in [4.78, 5) is 42.2. The van der Waals surface area contributed by atoms with Crippen LogP contribution in [-0.4, -0.2) is 54.9 Å². The molecule has 2 aromatic carbocycles. The van der Waals surface area contributed by atoms with E-state index < -0.39 is 57.4 Å². The van der Waals surface area contributed by atoms with E-state index in [9.17, 15) is 40.5 Å². The maximum absolute atomic E-state index is 11.2. The van der Waals surface area contributed by atoms with E-state index in [4.69, 9.17) is 0 Å². The molecule has 3 rings (SSSR count). The van der Waals surface area contributed by atoms with Gasteiger partial charge in [0, 0.05) is 0 Å². The molecule has 0 N–H and O–H groups in total. The van der Waals surface area contributed by atoms with Crippen LogP contribution in [0.2, 0.25) is 0 Å². The Hall–Kier alpha value is -4.37. The third-order valence-corrected chi connectivity index (χ3v) is 5.90. The quantitative estimate of drug-likeness (QED) is 0.224. The van der Waals surface area contributed by atoms with Crippen molar-refractivity contribution in [2.24, 2.45) is 0 Å². The summed E-state index contributed by atoms with van der Waals surface area (Å²) in [5.41, 5.74) is -1.30. The summed E-state index contributed by atoms with van der Waals surface area (Å²) in [6, 6.07) is 6.52. The number of non-ortho nitro benzene ring substituents is 2. The standard InChI is InChI=1S/C15H10N8O8Se/c24-20(25)11-3-1-9(13(5-11)22(28)29)7-19-17-15(16-18-19)32-8-10-2-4-12(21(26)27)6-14(10)23(30)31/h1-6H,7-8H2. The van der Waals surface area contributed by atoms with Crippen molar-refractivity contribution in [2.75, 3.05) is 0 Å². The zero-order valence-corrected chi connectivity index (χ0v) is 17.3. The van der Waals surface area contributed by atoms with Crippen molar-refractivity contribution in [3.8, 4) is 0 Å². The summed E-state index contributed by atoms with van der Waals surface area (Å²) in [6.07, 6.45) is 0. The number of aromatic nitrogens is 4. The van der Waals surface area contributed by atoms with Gasteiger partial charge in [-0.1, -0.05) is 0 Å². The predicted molar refractivity (Wildman–Crippen MR) is 106 cm³/mol. The molecule has 0 bridgehead atoms. The normalized spacial score (nSPS) is 10.6. The Kier molecular flexibility index (Phi) is 6.41. The van der Waals surface area contributed by atoms with E-state index in [2.05, 4.69) is 15.4 Å². The zero-order chi connectivity index (χ0) is 23.4. The molecule has 1 heterocycles. The van der Waals surface area contributed by atoms with Crippen LogP contribution >= 0.6 is 0 Å². The molecule has 0 aliphatic rings. The third kappa shape index (κ3) is 5.02. The second-order valence-corrected chi connectivity index (χ2v) is 8.02. The first-order valence-electron chi connectivity index (χ1n) is 8.39. The first-order valence-corrected chi connectivity index (χ1v) is 10.5. The Morgan fingerprint density at radius 3 is 1.84 bits per heavy atom. The molecule has 0 radical (unpaired) electrons. The molecule has 1 aromatic heterocycles. The van der Waals surface area contributed by atoms with E-state index in [1.807, 2.05) is 0 Å². The fourth-order valence-corrected chi connectivity index (χ4v) is 4.20. The molecular weight excluding hydrogens is 499 g/mol. The Balaban J connectivity index is 1.75. The number of tetrazole rings is 1. The van der Waals surface area contributed by atoms with Crippen LogP contribution in [0.3, 0.4) is 0 Å². The van der Waals surface area contributed by atoms with Crippen molar-refractivity contribution in [3.05, 3.63) is 88.0 Å². The van der Waals surface area contributed by atoms with Crippen LogP contribution in [0, 0.1) is 40.5 Å². The SMILES string of the molecule is O=[N+]([O-])c1ccc(C[Se]c2nnn(Cc3ccc([N+](=O)[O-])cc3[N+](=O)[O-])n2)c([N+](=O)[O-])c1. The number of rotatable bonds is 9. The molecule has 0 amide bonds. The fourth-order valence-electron chi connectivity index (χ4n) is 2.58. The number of hydrogen-bond acceptors (Lipinski definition) is 11. The van der Waals surface area contributed by atoms with E-state index in [1.165, 1.54) is 12.1 Å². The number of nitro benzene ring substituents is 4. The van der Waals surface area contributed by atoms with Gasteiger partial charge in [0.1, 0.15) is 0 Å². The maximum atomic E-state index is 11.2. The monoisotopic (exact) mass is 510 g/mol. The molecule has 0 spiro atoms. The fraction of sp³-hybridized carbons (Fsp3) is 0.133. The summed E-state index contributed by atoms with van der Waals surface area (Å²) in [6.45, 7) is -0.172. The summed E-state index contributed by atoms with van der Waals surface area (Å²) in [7, 11) is 0. The van der Waals surface area contributed by atoms with E-state index in [1.54, 1.807) is 0 Å². The average Bonchev–Trinajstić information content (AvgIpc) is 3.19. The summed E-state index contributed by atoms with van der Waals surface area (Å²) >= 11 is -0.527. The third-order valence-electron chi connectivity index (χ3n) is 4.06. The topological polar surface area (TPSA) is 216 Å². The van der Waals surface area contributed by atoms with Gasteiger partial charge in [0.2, 0.25) is 0 Å². The first-order chi connectivity index (χ1) is 15.2. The van der Waals surface area contributed by atoms with Crippen LogP contribution in [0.15, 0.2) is 36.4 Å². The Bertz CT molecular complexity index is 1250. The van der Waals surface area contributed by atoms with Crippen LogP contribution in [0.4, 0.5) is 22.7 Å². The first kappa shape index (κ1) is 22.3. The number of nitrogens with zero attached hydrogens (tertiary/aromatic N) is 8. The zero-order valence-electron chi connectivity index (χ0n) is 15.6. The Labute approximate surface area is 182 Å². The van der Waals surface area contributed by atoms with Gasteiger partial charge in [-0.15, -0.1) is 0 Å². The van der Waals surface area contributed by atoms with Crippen molar-refractivity contribution in [1.82, 2.24) is 20.2 Å². The van der Waals surface area contributed by atoms with Crippen LogP contribution in [0.25, 0.3) is 0 Å². The van der Waals surface area contributed by atoms with Gasteiger partial charge in [0.15, 0.2) is 0 Å². The molecule has 0 fully saturated rings. The van der Waals surface area contributed by atoms with Crippen molar-refractivity contribution >= 4 is 42.4 Å². The van der Waals surface area contributed by atoms with Gasteiger partial charge in [0.25, 0.3) is 0 Å². The van der Waals surface area contributed by atoms with E-state index in [-0.39, 0.29) is 27.7 Å². The van der Waals surface area contributed by atoms with Gasteiger partial charge in [-0.25, -0.2) is 0 Å². The molecule has 17 heteroatoms. The summed E-state index contributed by atoms with van der Waals surface area (Å²) < 4.78 is 0.245. The molecular formula is C15H10N8O8Se. The van der Waals surface area contributed by atoms with E-state index in [0.717, 1.165) is 29.1 Å². The molecule has 164 valence electrons. The minimum absolute atomic E-state index is 0.128. The molecule has 16 nitrogen and oxygen atoms in total. The van der Waals surface area contributed by atoms with Gasteiger partial charge in [-0.3, -0.25) is 0 Å². The molecule has 32 heavy (non-hydrogen) atoms. The van der Waals surface area contributed by atoms with Crippen molar-refractivity contribution in [2.45, 2.75) is 11.9 Å². The molecule has 0 saturated heterocycles. The van der Waals surface area contributed by atoms with Crippen LogP contribution in [0.1, 0.15) is 11.1 Å². The number of nitro groups is 4. The van der Waals surface area contributed by atoms with Gasteiger partial charge < -0.3 is 0 Å². The van der Waals surface area contributed by atoms with Crippen LogP contribution in [0.5, 0.6) is 0 Å². The van der Waals surface area contributed by atoms with Gasteiger partial charge in [0.05, 0.1) is 0 Å². The van der Waals surface area contributed by atoms with Gasteiger partial charge in [-0.2, -0.15) is 0 Å². The average molecular weight is 509 g/mol. The number of hydrogen-bond donors (Lipinski definition) is 0. The van der Waals surface area contributed by atoms with Crippen molar-refractivity contribution in [3.63, 3.8) is 0 Å². The Morgan fingerprint density at radius 2 is 1.31 bits per heavy atom. The molecule has 0 atom stereocenters. The summed E-state index contributed by atoms with van der Waals surface area (Å²) in [5, 5.41) is 55.9. The molecule has 0 unspecified atom stereocenters. The number of benzene rings is 2. The predicted octanol–water partition coefficient (Wildman–Crippen LogP) is 0.884. The van der Waals surface area contributed by atoms with Crippen LogP contribution < -0.4 is 4.72 Å². The second kappa shape index (κ2) is 9.19.